The van der Waals surface area contributed by atoms with Crippen LogP contribution >= 0.6 is 0 Å². The van der Waals surface area contributed by atoms with E-state index in [9.17, 15) is 20.3 Å². The lowest BCUT2D eigenvalue weighted by molar-refractivity contribution is -0.164. The summed E-state index contributed by atoms with van der Waals surface area (Å²) in [6, 6.07) is 1.51. The van der Waals surface area contributed by atoms with Crippen molar-refractivity contribution in [1.82, 2.24) is 10.0 Å². The first-order valence-electron chi connectivity index (χ1n) is 7.32. The molecule has 2 N–H and O–H groups in total. The molecule has 0 aromatic carbocycles. The van der Waals surface area contributed by atoms with Gasteiger partial charge in [-0.15, -0.1) is 6.42 Å². The summed E-state index contributed by atoms with van der Waals surface area (Å²) in [5, 5.41) is 31.9. The van der Waals surface area contributed by atoms with Gasteiger partial charge in [0.05, 0.1) is 24.3 Å². The molecule has 2 aliphatic rings. The fraction of sp³-hybridized carbons (Fsp3) is 0.733. The lowest BCUT2D eigenvalue weighted by atomic mass is 9.97. The van der Waals surface area contributed by atoms with E-state index in [0.29, 0.717) is 12.8 Å². The highest BCUT2D eigenvalue weighted by atomic mass is 16.4. The van der Waals surface area contributed by atoms with Gasteiger partial charge in [-0.1, -0.05) is 18.8 Å². The average molecular weight is 291 g/mol. The Morgan fingerprint density at radius 2 is 2.00 bits per heavy atom. The SMILES string of the molecule is C#CC1CCC(C#N)N1N(CC(=O)O)C1(CO)CCCC1. The van der Waals surface area contributed by atoms with E-state index in [2.05, 4.69) is 12.0 Å². The summed E-state index contributed by atoms with van der Waals surface area (Å²) in [5.41, 5.74) is -0.604. The molecular weight excluding hydrogens is 270 g/mol. The third kappa shape index (κ3) is 2.89. The van der Waals surface area contributed by atoms with Crippen LogP contribution in [0.25, 0.3) is 0 Å². The molecular formula is C15H21N3O3. The maximum Gasteiger partial charge on any atom is 0.319 e. The number of rotatable bonds is 5. The molecule has 0 aromatic heterocycles. The molecule has 0 aromatic rings. The van der Waals surface area contributed by atoms with E-state index in [-0.39, 0.29) is 19.2 Å². The Morgan fingerprint density at radius 1 is 1.38 bits per heavy atom. The van der Waals surface area contributed by atoms with Crippen molar-refractivity contribution in [3.63, 3.8) is 0 Å². The second-order valence-electron chi connectivity index (χ2n) is 5.83. The average Bonchev–Trinajstić information content (AvgIpc) is 3.11. The quantitative estimate of drug-likeness (QED) is 0.721. The highest BCUT2D eigenvalue weighted by Gasteiger charge is 2.48. The molecule has 1 aliphatic heterocycles. The Kier molecular flexibility index (Phi) is 4.84. The highest BCUT2D eigenvalue weighted by Crippen LogP contribution is 2.39. The molecule has 6 nitrogen and oxygen atoms in total. The lowest BCUT2D eigenvalue weighted by Crippen LogP contribution is -2.62. The van der Waals surface area contributed by atoms with E-state index in [4.69, 9.17) is 6.42 Å². The van der Waals surface area contributed by atoms with Gasteiger partial charge < -0.3 is 10.2 Å². The number of aliphatic hydroxyl groups is 1. The van der Waals surface area contributed by atoms with Gasteiger partial charge in [0.1, 0.15) is 12.6 Å². The van der Waals surface area contributed by atoms with Crippen molar-refractivity contribution < 1.29 is 15.0 Å². The fourth-order valence-electron chi connectivity index (χ4n) is 3.57. The maximum atomic E-state index is 11.3. The van der Waals surface area contributed by atoms with E-state index >= 15 is 0 Å². The summed E-state index contributed by atoms with van der Waals surface area (Å²) in [5.74, 6) is 1.68. The van der Waals surface area contributed by atoms with Gasteiger partial charge in [0.15, 0.2) is 0 Å². The molecule has 114 valence electrons. The second-order valence-corrected chi connectivity index (χ2v) is 5.83. The van der Waals surface area contributed by atoms with E-state index in [1.165, 1.54) is 0 Å². The Balaban J connectivity index is 2.37. The first-order valence-corrected chi connectivity index (χ1v) is 7.32. The van der Waals surface area contributed by atoms with Gasteiger partial charge in [0, 0.05) is 0 Å². The summed E-state index contributed by atoms with van der Waals surface area (Å²) in [6.07, 6.45) is 10.2. The van der Waals surface area contributed by atoms with Crippen LogP contribution in [0.3, 0.4) is 0 Å². The molecule has 1 aliphatic carbocycles. The van der Waals surface area contributed by atoms with Crippen molar-refractivity contribution in [3.8, 4) is 18.4 Å². The molecule has 2 unspecified atom stereocenters. The van der Waals surface area contributed by atoms with Crippen molar-refractivity contribution in [2.24, 2.45) is 0 Å². The van der Waals surface area contributed by atoms with Crippen molar-refractivity contribution in [2.75, 3.05) is 13.2 Å². The number of carboxylic acid groups (broad SMARTS) is 1. The van der Waals surface area contributed by atoms with Gasteiger partial charge in [-0.2, -0.15) is 5.26 Å². The first kappa shape index (κ1) is 15.8. The lowest BCUT2D eigenvalue weighted by Gasteiger charge is -2.46. The van der Waals surface area contributed by atoms with Crippen LogP contribution in [0.2, 0.25) is 0 Å². The monoisotopic (exact) mass is 291 g/mol. The minimum absolute atomic E-state index is 0.119. The molecule has 0 radical (unpaired) electrons. The third-order valence-corrected chi connectivity index (χ3v) is 4.63. The zero-order valence-corrected chi connectivity index (χ0v) is 12.0. The fourth-order valence-corrected chi connectivity index (χ4v) is 3.57. The summed E-state index contributed by atoms with van der Waals surface area (Å²) >= 11 is 0. The molecule has 21 heavy (non-hydrogen) atoms. The molecule has 1 saturated heterocycles. The molecule has 0 amide bonds. The van der Waals surface area contributed by atoms with E-state index in [0.717, 1.165) is 25.7 Å². The van der Waals surface area contributed by atoms with Crippen molar-refractivity contribution in [1.29, 1.82) is 5.26 Å². The molecule has 0 spiro atoms. The Labute approximate surface area is 124 Å². The predicted molar refractivity (Wildman–Crippen MR) is 75.7 cm³/mol. The number of aliphatic carboxylic acids is 1. The normalized spacial score (nSPS) is 28.4. The van der Waals surface area contributed by atoms with Crippen LogP contribution in [-0.2, 0) is 4.79 Å². The largest absolute Gasteiger partial charge is 0.480 e. The van der Waals surface area contributed by atoms with Crippen LogP contribution in [0, 0.1) is 23.7 Å². The van der Waals surface area contributed by atoms with Crippen LogP contribution in [0.5, 0.6) is 0 Å². The minimum atomic E-state index is -0.978. The number of aliphatic hydroxyl groups excluding tert-OH is 1. The Hall–Kier alpha value is -1.60. The van der Waals surface area contributed by atoms with Crippen LogP contribution in [0.1, 0.15) is 38.5 Å². The molecule has 6 heteroatoms. The van der Waals surface area contributed by atoms with Crippen molar-refractivity contribution in [2.45, 2.75) is 56.1 Å². The topological polar surface area (TPSA) is 87.8 Å². The highest BCUT2D eigenvalue weighted by molar-refractivity contribution is 5.69. The summed E-state index contributed by atoms with van der Waals surface area (Å²) < 4.78 is 0. The van der Waals surface area contributed by atoms with Gasteiger partial charge in [0.25, 0.3) is 0 Å². The zero-order valence-electron chi connectivity index (χ0n) is 12.0. The third-order valence-electron chi connectivity index (χ3n) is 4.63. The molecule has 0 bridgehead atoms. The molecule has 2 atom stereocenters. The van der Waals surface area contributed by atoms with Gasteiger partial charge in [-0.05, 0) is 25.7 Å². The van der Waals surface area contributed by atoms with Crippen LogP contribution in [0.15, 0.2) is 0 Å². The Bertz CT molecular complexity index is 452. The van der Waals surface area contributed by atoms with E-state index in [1.54, 1.807) is 10.0 Å². The maximum absolute atomic E-state index is 11.3. The standard InChI is InChI=1S/C15H21N3O3/c1-2-12-5-6-13(9-16)18(12)17(10-14(20)21)15(11-19)7-3-4-8-15/h1,12-13,19H,3-8,10-11H2,(H,20,21). The van der Waals surface area contributed by atoms with Crippen LogP contribution < -0.4 is 0 Å². The van der Waals surface area contributed by atoms with Gasteiger partial charge in [-0.3, -0.25) is 4.79 Å². The molecule has 1 saturated carbocycles. The number of nitrogens with zero attached hydrogens (tertiary/aromatic N) is 3. The minimum Gasteiger partial charge on any atom is -0.480 e. The number of terminal acetylenes is 1. The van der Waals surface area contributed by atoms with Crippen molar-refractivity contribution in [3.05, 3.63) is 0 Å². The molecule has 2 rings (SSSR count). The number of carbonyl (C=O) groups is 1. The number of hydrogen-bond donors (Lipinski definition) is 2. The molecule has 2 fully saturated rings. The number of carboxylic acids is 1. The molecule has 1 heterocycles. The summed E-state index contributed by atoms with van der Waals surface area (Å²) in [6.45, 7) is -0.358. The number of nitriles is 1. The second kappa shape index (κ2) is 6.44. The van der Waals surface area contributed by atoms with Crippen molar-refractivity contribution >= 4 is 5.97 Å². The van der Waals surface area contributed by atoms with Gasteiger partial charge >= 0.3 is 5.97 Å². The van der Waals surface area contributed by atoms with E-state index in [1.807, 2.05) is 0 Å². The summed E-state index contributed by atoms with van der Waals surface area (Å²) in [4.78, 5) is 11.3. The van der Waals surface area contributed by atoms with Gasteiger partial charge in [-0.25, -0.2) is 10.0 Å². The number of hydrogen-bond acceptors (Lipinski definition) is 5. The smallest absolute Gasteiger partial charge is 0.319 e. The van der Waals surface area contributed by atoms with Crippen LogP contribution in [-0.4, -0.2) is 57.0 Å². The van der Waals surface area contributed by atoms with E-state index < -0.39 is 17.6 Å². The Morgan fingerprint density at radius 3 is 2.48 bits per heavy atom. The number of hydrazine groups is 1. The van der Waals surface area contributed by atoms with Crippen LogP contribution in [0.4, 0.5) is 0 Å². The predicted octanol–water partition coefficient (Wildman–Crippen LogP) is 0.583. The van der Waals surface area contributed by atoms with Gasteiger partial charge in [0.2, 0.25) is 0 Å². The first-order chi connectivity index (χ1) is 10.1. The zero-order chi connectivity index (χ0) is 15.5. The summed E-state index contributed by atoms with van der Waals surface area (Å²) in [7, 11) is 0.